The number of H-pyrrole nitrogens is 1. The second kappa shape index (κ2) is 8.28. The molecule has 0 aromatic carbocycles. The molecule has 3 aromatic rings. The number of rotatable bonds is 7. The zero-order chi connectivity index (χ0) is 21.3. The van der Waals surface area contributed by atoms with E-state index in [-0.39, 0.29) is 5.78 Å². The van der Waals surface area contributed by atoms with Gasteiger partial charge in [0.15, 0.2) is 16.8 Å². The van der Waals surface area contributed by atoms with Crippen molar-refractivity contribution in [3.05, 3.63) is 40.6 Å². The number of hydrogen-bond donors (Lipinski definition) is 1. The molecular formula is C20H24N4O4S. The van der Waals surface area contributed by atoms with Gasteiger partial charge in [-0.1, -0.05) is 11.8 Å². The third-order valence-electron chi connectivity index (χ3n) is 4.86. The highest BCUT2D eigenvalue weighted by Crippen LogP contribution is 2.31. The molecule has 0 saturated carbocycles. The first-order chi connectivity index (χ1) is 13.8. The van der Waals surface area contributed by atoms with Crippen molar-refractivity contribution in [1.29, 1.82) is 0 Å². The standard InChI is InChI=1S/C20H24N4O4S/c1-7-24-18(14-8-9-28-12(14)4)22-23-20(24)29-13(5)17(25)16-10(2)15(11(3)21-16)19(26)27-6/h8-9,13,21H,7H2,1-6H3/t13-/m1/s1. The number of esters is 1. The molecule has 0 aliphatic rings. The summed E-state index contributed by atoms with van der Waals surface area (Å²) in [6, 6.07) is 1.86. The fourth-order valence-corrected chi connectivity index (χ4v) is 4.27. The summed E-state index contributed by atoms with van der Waals surface area (Å²) >= 11 is 1.33. The average molecular weight is 417 g/mol. The van der Waals surface area contributed by atoms with Crippen LogP contribution in [0.2, 0.25) is 0 Å². The molecule has 0 radical (unpaired) electrons. The molecule has 0 aliphatic carbocycles. The van der Waals surface area contributed by atoms with Crippen molar-refractivity contribution in [2.24, 2.45) is 0 Å². The van der Waals surface area contributed by atoms with E-state index in [4.69, 9.17) is 9.15 Å². The fourth-order valence-electron chi connectivity index (χ4n) is 3.30. The van der Waals surface area contributed by atoms with E-state index in [1.807, 2.05) is 31.4 Å². The Balaban J connectivity index is 1.87. The Morgan fingerprint density at radius 3 is 2.62 bits per heavy atom. The predicted octanol–water partition coefficient (Wildman–Crippen LogP) is 3.96. The minimum atomic E-state index is -0.457. The zero-order valence-corrected chi connectivity index (χ0v) is 18.1. The topological polar surface area (TPSA) is 103 Å². The van der Waals surface area contributed by atoms with E-state index in [1.54, 1.807) is 20.1 Å². The third-order valence-corrected chi connectivity index (χ3v) is 5.94. The Bertz CT molecular complexity index is 1060. The van der Waals surface area contributed by atoms with E-state index in [0.29, 0.717) is 40.0 Å². The van der Waals surface area contributed by atoms with Gasteiger partial charge in [0.25, 0.3) is 0 Å². The average Bonchev–Trinajstić information content (AvgIpc) is 3.37. The van der Waals surface area contributed by atoms with Crippen LogP contribution in [0.5, 0.6) is 0 Å². The molecule has 154 valence electrons. The number of carbonyl (C=O) groups excluding carboxylic acids is 2. The van der Waals surface area contributed by atoms with E-state index >= 15 is 0 Å². The molecule has 29 heavy (non-hydrogen) atoms. The molecule has 1 atom stereocenters. The number of carbonyl (C=O) groups is 2. The quantitative estimate of drug-likeness (QED) is 0.353. The molecule has 0 fully saturated rings. The number of aromatic nitrogens is 4. The summed E-state index contributed by atoms with van der Waals surface area (Å²) in [4.78, 5) is 28.1. The van der Waals surface area contributed by atoms with Gasteiger partial charge in [0, 0.05) is 12.2 Å². The molecule has 0 spiro atoms. The molecule has 9 heteroatoms. The summed E-state index contributed by atoms with van der Waals surface area (Å²) in [5.74, 6) is 0.903. The highest BCUT2D eigenvalue weighted by atomic mass is 32.2. The first-order valence-electron chi connectivity index (χ1n) is 9.26. The first kappa shape index (κ1) is 20.9. The number of ketones is 1. The van der Waals surface area contributed by atoms with E-state index in [0.717, 1.165) is 11.3 Å². The lowest BCUT2D eigenvalue weighted by Gasteiger charge is -2.11. The number of thioether (sulfide) groups is 1. The lowest BCUT2D eigenvalue weighted by atomic mass is 10.1. The van der Waals surface area contributed by atoms with Crippen molar-refractivity contribution in [2.75, 3.05) is 7.11 Å². The number of aryl methyl sites for hydroxylation is 2. The number of Topliss-reactive ketones (excluding diaryl/α,β-unsaturated/α-hetero) is 1. The highest BCUT2D eigenvalue weighted by Gasteiger charge is 2.27. The largest absolute Gasteiger partial charge is 0.469 e. The molecular weight excluding hydrogens is 392 g/mol. The highest BCUT2D eigenvalue weighted by molar-refractivity contribution is 8.00. The van der Waals surface area contributed by atoms with Crippen molar-refractivity contribution in [3.8, 4) is 11.4 Å². The van der Waals surface area contributed by atoms with Crippen LogP contribution in [0.25, 0.3) is 11.4 Å². The summed E-state index contributed by atoms with van der Waals surface area (Å²) < 4.78 is 12.2. The van der Waals surface area contributed by atoms with E-state index in [9.17, 15) is 9.59 Å². The molecule has 0 amide bonds. The maximum atomic E-state index is 13.1. The lowest BCUT2D eigenvalue weighted by molar-refractivity contribution is 0.0599. The van der Waals surface area contributed by atoms with Crippen LogP contribution in [0.3, 0.4) is 0 Å². The number of nitrogens with one attached hydrogen (secondary N) is 1. The number of furan rings is 1. The van der Waals surface area contributed by atoms with Crippen molar-refractivity contribution in [1.82, 2.24) is 19.7 Å². The normalized spacial score (nSPS) is 12.2. The molecule has 0 saturated heterocycles. The van der Waals surface area contributed by atoms with Crippen molar-refractivity contribution >= 4 is 23.5 Å². The van der Waals surface area contributed by atoms with Crippen LogP contribution in [-0.4, -0.2) is 43.9 Å². The van der Waals surface area contributed by atoms with Gasteiger partial charge in [-0.05, 0) is 46.2 Å². The number of aromatic amines is 1. The number of methoxy groups -OCH3 is 1. The molecule has 0 aliphatic heterocycles. The zero-order valence-electron chi connectivity index (χ0n) is 17.3. The van der Waals surface area contributed by atoms with Gasteiger partial charge in [-0.3, -0.25) is 4.79 Å². The molecule has 1 N–H and O–H groups in total. The van der Waals surface area contributed by atoms with Gasteiger partial charge in [-0.25, -0.2) is 4.79 Å². The summed E-state index contributed by atoms with van der Waals surface area (Å²) in [7, 11) is 1.32. The predicted molar refractivity (Wildman–Crippen MR) is 109 cm³/mol. The Hall–Kier alpha value is -2.81. The maximum Gasteiger partial charge on any atom is 0.339 e. The smallest absolute Gasteiger partial charge is 0.339 e. The third kappa shape index (κ3) is 3.74. The van der Waals surface area contributed by atoms with E-state index in [2.05, 4.69) is 15.2 Å². The van der Waals surface area contributed by atoms with Gasteiger partial charge in [-0.15, -0.1) is 10.2 Å². The second-order valence-electron chi connectivity index (χ2n) is 6.68. The molecule has 0 unspecified atom stereocenters. The molecule has 0 bridgehead atoms. The minimum absolute atomic E-state index is 0.113. The SMILES string of the molecule is CCn1c(S[C@H](C)C(=O)c2[nH]c(C)c(C(=O)OC)c2C)nnc1-c1ccoc1C. The number of ether oxygens (including phenoxy) is 1. The van der Waals surface area contributed by atoms with Gasteiger partial charge in [0.05, 0.1) is 35.4 Å². The summed E-state index contributed by atoms with van der Waals surface area (Å²) in [6.45, 7) is 9.84. The van der Waals surface area contributed by atoms with Gasteiger partial charge in [-0.2, -0.15) is 0 Å². The van der Waals surface area contributed by atoms with Crippen LogP contribution in [0.4, 0.5) is 0 Å². The Morgan fingerprint density at radius 2 is 2.03 bits per heavy atom. The van der Waals surface area contributed by atoms with E-state index < -0.39 is 11.2 Å². The van der Waals surface area contributed by atoms with Gasteiger partial charge in [0.1, 0.15) is 5.76 Å². The number of hydrogen-bond acceptors (Lipinski definition) is 7. The molecule has 3 aromatic heterocycles. The van der Waals surface area contributed by atoms with Crippen molar-refractivity contribution in [2.45, 2.75) is 51.6 Å². The maximum absolute atomic E-state index is 13.1. The van der Waals surface area contributed by atoms with Crippen LogP contribution >= 0.6 is 11.8 Å². The Kier molecular flexibility index (Phi) is 5.97. The number of nitrogens with zero attached hydrogens (tertiary/aromatic N) is 3. The lowest BCUT2D eigenvalue weighted by Crippen LogP contribution is -2.16. The van der Waals surface area contributed by atoms with Crippen LogP contribution in [0, 0.1) is 20.8 Å². The van der Waals surface area contributed by atoms with Crippen LogP contribution in [0.1, 0.15) is 51.7 Å². The van der Waals surface area contributed by atoms with Gasteiger partial charge >= 0.3 is 5.97 Å². The summed E-state index contributed by atoms with van der Waals surface area (Å²) in [5, 5.41) is 8.81. The van der Waals surface area contributed by atoms with Crippen molar-refractivity contribution < 1.29 is 18.7 Å². The van der Waals surface area contributed by atoms with Crippen LogP contribution in [-0.2, 0) is 11.3 Å². The van der Waals surface area contributed by atoms with Crippen LogP contribution < -0.4 is 0 Å². The summed E-state index contributed by atoms with van der Waals surface area (Å²) in [5.41, 5.74) is 2.91. The van der Waals surface area contributed by atoms with Crippen molar-refractivity contribution in [3.63, 3.8) is 0 Å². The van der Waals surface area contributed by atoms with Crippen LogP contribution in [0.15, 0.2) is 21.9 Å². The fraction of sp³-hybridized carbons (Fsp3) is 0.400. The molecule has 3 heterocycles. The first-order valence-corrected chi connectivity index (χ1v) is 10.1. The molecule has 8 nitrogen and oxygen atoms in total. The monoisotopic (exact) mass is 416 g/mol. The Labute approximate surface area is 173 Å². The van der Waals surface area contributed by atoms with Gasteiger partial charge in [0.2, 0.25) is 0 Å². The van der Waals surface area contributed by atoms with Gasteiger partial charge < -0.3 is 18.7 Å². The minimum Gasteiger partial charge on any atom is -0.469 e. The molecule has 3 rings (SSSR count). The summed E-state index contributed by atoms with van der Waals surface area (Å²) in [6.07, 6.45) is 1.62. The Morgan fingerprint density at radius 1 is 1.31 bits per heavy atom. The second-order valence-corrected chi connectivity index (χ2v) is 7.99. The van der Waals surface area contributed by atoms with E-state index in [1.165, 1.54) is 18.9 Å².